The fourth-order valence-electron chi connectivity index (χ4n) is 3.77. The number of fused-ring (bicyclic) bond motifs is 1. The van der Waals surface area contributed by atoms with Crippen molar-refractivity contribution in [2.24, 2.45) is 0 Å². The number of carbonyl (C=O) groups is 2. The van der Waals surface area contributed by atoms with Crippen LogP contribution in [0, 0.1) is 0 Å². The fourth-order valence-corrected chi connectivity index (χ4v) is 3.77. The third kappa shape index (κ3) is 7.57. The van der Waals surface area contributed by atoms with Gasteiger partial charge in [-0.1, -0.05) is 24.3 Å². The van der Waals surface area contributed by atoms with Crippen molar-refractivity contribution in [2.45, 2.75) is 45.2 Å². The molecule has 32 heavy (non-hydrogen) atoms. The molecule has 0 aliphatic carbocycles. The lowest BCUT2D eigenvalue weighted by Gasteiger charge is -2.24. The molecular formula is C25H32N2O5. The van der Waals surface area contributed by atoms with Crippen LogP contribution in [-0.4, -0.2) is 48.7 Å². The van der Waals surface area contributed by atoms with Crippen LogP contribution in [0.5, 0.6) is 11.5 Å². The molecular weight excluding hydrogens is 408 g/mol. The summed E-state index contributed by atoms with van der Waals surface area (Å²) >= 11 is 0. The summed E-state index contributed by atoms with van der Waals surface area (Å²) in [5.74, 6) is 0.770. The van der Waals surface area contributed by atoms with Crippen LogP contribution in [0.15, 0.2) is 42.5 Å². The van der Waals surface area contributed by atoms with Gasteiger partial charge in [0.15, 0.2) is 0 Å². The molecule has 172 valence electrons. The Morgan fingerprint density at radius 3 is 2.62 bits per heavy atom. The maximum atomic E-state index is 12.6. The number of carboxylic acid groups (broad SMARTS) is 1. The van der Waals surface area contributed by atoms with Gasteiger partial charge in [0, 0.05) is 31.6 Å². The van der Waals surface area contributed by atoms with E-state index < -0.39 is 5.97 Å². The summed E-state index contributed by atoms with van der Waals surface area (Å²) in [7, 11) is 1.64. The van der Waals surface area contributed by atoms with Crippen LogP contribution in [-0.2, 0) is 29.1 Å². The van der Waals surface area contributed by atoms with Gasteiger partial charge >= 0.3 is 5.97 Å². The molecule has 7 heteroatoms. The van der Waals surface area contributed by atoms with E-state index in [-0.39, 0.29) is 18.9 Å². The molecule has 0 radical (unpaired) electrons. The van der Waals surface area contributed by atoms with Gasteiger partial charge in [-0.05, 0) is 55.0 Å². The van der Waals surface area contributed by atoms with Crippen molar-refractivity contribution >= 4 is 11.9 Å². The molecule has 0 unspecified atom stereocenters. The van der Waals surface area contributed by atoms with Crippen molar-refractivity contribution in [3.8, 4) is 11.5 Å². The smallest absolute Gasteiger partial charge is 0.303 e. The highest BCUT2D eigenvalue weighted by Crippen LogP contribution is 2.25. The molecule has 0 atom stereocenters. The number of aliphatic carboxylic acids is 1. The van der Waals surface area contributed by atoms with Gasteiger partial charge < -0.3 is 19.9 Å². The number of hydrogen-bond acceptors (Lipinski definition) is 5. The number of methoxy groups -OCH3 is 1. The number of hydrogen-bond donors (Lipinski definition) is 2. The molecule has 0 fully saturated rings. The quantitative estimate of drug-likeness (QED) is 0.716. The highest BCUT2D eigenvalue weighted by molar-refractivity contribution is 5.78. The van der Waals surface area contributed by atoms with E-state index in [0.29, 0.717) is 32.7 Å². The van der Waals surface area contributed by atoms with E-state index in [1.165, 1.54) is 0 Å². The average molecular weight is 441 g/mol. The first-order chi connectivity index (χ1) is 15.5. The Morgan fingerprint density at radius 1 is 1.09 bits per heavy atom. The van der Waals surface area contributed by atoms with E-state index in [1.54, 1.807) is 7.11 Å². The molecule has 0 saturated heterocycles. The van der Waals surface area contributed by atoms with E-state index in [4.69, 9.17) is 14.6 Å². The molecule has 2 aromatic carbocycles. The second-order valence-electron chi connectivity index (χ2n) is 8.09. The number of rotatable bonds is 6. The molecule has 0 bridgehead atoms. The number of ether oxygens (including phenoxy) is 2. The Morgan fingerprint density at radius 2 is 1.88 bits per heavy atom. The third-order valence-electron chi connectivity index (χ3n) is 5.48. The summed E-state index contributed by atoms with van der Waals surface area (Å²) in [5, 5.41) is 12.1. The van der Waals surface area contributed by atoms with Crippen LogP contribution in [0.4, 0.5) is 0 Å². The fraction of sp³-hybridized carbons (Fsp3) is 0.440. The highest BCUT2D eigenvalue weighted by atomic mass is 16.5. The predicted molar refractivity (Wildman–Crippen MR) is 122 cm³/mol. The first-order valence-corrected chi connectivity index (χ1v) is 11.1. The topological polar surface area (TPSA) is 88.1 Å². The van der Waals surface area contributed by atoms with Gasteiger partial charge in [0.2, 0.25) is 5.91 Å². The zero-order chi connectivity index (χ0) is 22.8. The van der Waals surface area contributed by atoms with Crippen molar-refractivity contribution in [1.29, 1.82) is 0 Å². The van der Waals surface area contributed by atoms with E-state index >= 15 is 0 Å². The lowest BCUT2D eigenvalue weighted by atomic mass is 10.0. The minimum atomic E-state index is -0.817. The van der Waals surface area contributed by atoms with Gasteiger partial charge in [-0.15, -0.1) is 0 Å². The summed E-state index contributed by atoms with van der Waals surface area (Å²) in [4.78, 5) is 25.7. The van der Waals surface area contributed by atoms with Crippen LogP contribution in [0.2, 0.25) is 0 Å². The van der Waals surface area contributed by atoms with E-state index in [1.807, 2.05) is 42.5 Å². The van der Waals surface area contributed by atoms with Gasteiger partial charge in [-0.2, -0.15) is 0 Å². The van der Waals surface area contributed by atoms with Gasteiger partial charge in [-0.25, -0.2) is 0 Å². The third-order valence-corrected chi connectivity index (χ3v) is 5.48. The van der Waals surface area contributed by atoms with Crippen molar-refractivity contribution < 1.29 is 24.2 Å². The van der Waals surface area contributed by atoms with Crippen LogP contribution in [0.3, 0.4) is 0 Å². The van der Waals surface area contributed by atoms with E-state index in [9.17, 15) is 9.59 Å². The van der Waals surface area contributed by atoms with E-state index in [2.05, 4.69) is 10.2 Å². The van der Waals surface area contributed by atoms with Crippen molar-refractivity contribution in [3.63, 3.8) is 0 Å². The Balaban J connectivity index is 1.85. The molecule has 2 aromatic rings. The minimum absolute atomic E-state index is 0.00209. The van der Waals surface area contributed by atoms with Crippen LogP contribution in [0.25, 0.3) is 0 Å². The molecule has 1 aliphatic heterocycles. The lowest BCUT2D eigenvalue weighted by molar-refractivity contribution is -0.137. The van der Waals surface area contributed by atoms with Crippen molar-refractivity contribution in [2.75, 3.05) is 26.8 Å². The summed E-state index contributed by atoms with van der Waals surface area (Å²) in [6.45, 7) is 2.67. The number of aryl methyl sites for hydroxylation is 1. The standard InChI is InChI=1S/C25H32N2O5/c1-31-22-9-5-20(6-10-22)16-27-17-21-15-19(8-12-25(29)30)7-11-23(21)32-14-4-2-3-13-26-24(28)18-27/h5-7,9-11,15H,2-4,8,12-14,16-18H2,1H3,(H,26,28)(H,29,30). The second kappa shape index (κ2) is 12.1. The SMILES string of the molecule is COc1ccc(CN2CC(=O)NCCCCCOc3ccc(CCC(=O)O)cc3C2)cc1. The van der Waals surface area contributed by atoms with Gasteiger partial charge in [0.1, 0.15) is 11.5 Å². The first kappa shape index (κ1) is 23.6. The van der Waals surface area contributed by atoms with Crippen molar-refractivity contribution in [3.05, 3.63) is 59.2 Å². The molecule has 1 amide bonds. The normalized spacial score (nSPS) is 15.8. The Bertz CT molecular complexity index is 898. The number of carbonyl (C=O) groups excluding carboxylic acids is 1. The summed E-state index contributed by atoms with van der Waals surface area (Å²) < 4.78 is 11.3. The molecule has 1 heterocycles. The molecule has 1 aliphatic rings. The summed E-state index contributed by atoms with van der Waals surface area (Å²) in [6.07, 6.45) is 3.38. The monoisotopic (exact) mass is 440 g/mol. The Kier molecular flexibility index (Phi) is 8.92. The summed E-state index contributed by atoms with van der Waals surface area (Å²) in [6, 6.07) is 13.7. The Labute approximate surface area is 189 Å². The maximum absolute atomic E-state index is 12.6. The maximum Gasteiger partial charge on any atom is 0.303 e. The number of carboxylic acids is 1. The molecule has 2 N–H and O–H groups in total. The Hall–Kier alpha value is -3.06. The lowest BCUT2D eigenvalue weighted by Crippen LogP contribution is -2.37. The zero-order valence-corrected chi connectivity index (χ0v) is 18.6. The molecule has 0 saturated carbocycles. The molecule has 0 spiro atoms. The average Bonchev–Trinajstić information content (AvgIpc) is 2.79. The molecule has 0 aromatic heterocycles. The number of amides is 1. The second-order valence-corrected chi connectivity index (χ2v) is 8.09. The van der Waals surface area contributed by atoms with Crippen molar-refractivity contribution in [1.82, 2.24) is 10.2 Å². The summed E-state index contributed by atoms with van der Waals surface area (Å²) in [5.41, 5.74) is 2.99. The van der Waals surface area contributed by atoms with E-state index in [0.717, 1.165) is 47.5 Å². The van der Waals surface area contributed by atoms with Crippen LogP contribution < -0.4 is 14.8 Å². The first-order valence-electron chi connectivity index (χ1n) is 11.1. The zero-order valence-electron chi connectivity index (χ0n) is 18.6. The number of nitrogens with zero attached hydrogens (tertiary/aromatic N) is 1. The van der Waals surface area contributed by atoms with Crippen LogP contribution in [0.1, 0.15) is 42.4 Å². The highest BCUT2D eigenvalue weighted by Gasteiger charge is 2.16. The predicted octanol–water partition coefficient (Wildman–Crippen LogP) is 3.39. The number of benzene rings is 2. The van der Waals surface area contributed by atoms with Crippen LogP contribution >= 0.6 is 0 Å². The minimum Gasteiger partial charge on any atom is -0.497 e. The molecule has 3 rings (SSSR count). The van der Waals surface area contributed by atoms with Gasteiger partial charge in [-0.3, -0.25) is 14.5 Å². The number of nitrogens with one attached hydrogen (secondary N) is 1. The molecule has 7 nitrogen and oxygen atoms in total. The largest absolute Gasteiger partial charge is 0.497 e. The van der Waals surface area contributed by atoms with Gasteiger partial charge in [0.25, 0.3) is 0 Å². The van der Waals surface area contributed by atoms with Gasteiger partial charge in [0.05, 0.1) is 20.3 Å².